The minimum absolute atomic E-state index is 0.0272. The quantitative estimate of drug-likeness (QED) is 0.722. The van der Waals surface area contributed by atoms with E-state index < -0.39 is 10.0 Å². The Bertz CT molecular complexity index is 583. The Hall–Kier alpha value is -0.960. The van der Waals surface area contributed by atoms with Gasteiger partial charge in [-0.05, 0) is 47.3 Å². The van der Waals surface area contributed by atoms with E-state index >= 15 is 0 Å². The van der Waals surface area contributed by atoms with Crippen LogP contribution in [0.5, 0.6) is 0 Å². The summed E-state index contributed by atoms with van der Waals surface area (Å²) in [7, 11) is 0.270. The van der Waals surface area contributed by atoms with Gasteiger partial charge in [-0.25, -0.2) is 13.1 Å². The van der Waals surface area contributed by atoms with E-state index in [1.54, 1.807) is 7.05 Å². The Kier molecular flexibility index (Phi) is 5.03. The van der Waals surface area contributed by atoms with Gasteiger partial charge in [0.1, 0.15) is 0 Å². The number of nitrogens with zero attached hydrogens (tertiary/aromatic N) is 2. The van der Waals surface area contributed by atoms with E-state index in [4.69, 9.17) is 0 Å². The van der Waals surface area contributed by atoms with E-state index in [1.807, 2.05) is 6.92 Å². The Morgan fingerprint density at radius 1 is 1.48 bits per heavy atom. The number of aryl methyl sites for hydroxylation is 1. The molecule has 1 fully saturated rings. The molecule has 0 saturated carbocycles. The number of likely N-dealkylation sites (tertiary alicyclic amines) is 1. The molecule has 1 aliphatic heterocycles. The Balaban J connectivity index is 2.15. The highest BCUT2D eigenvalue weighted by atomic mass is 32.2. The molecule has 1 saturated heterocycles. The standard InChI is InChI=1S/C13H25N5O2S/c1-9-7-11(5-6-18(9)4)17-21(19,20)13-12(8-14-3)10(2)15-16-13/h9,11,14,17H,5-8H2,1-4H3,(H,15,16). The number of aromatic nitrogens is 2. The summed E-state index contributed by atoms with van der Waals surface area (Å²) in [5, 5.41) is 9.84. The first kappa shape index (κ1) is 16.4. The maximum Gasteiger partial charge on any atom is 0.260 e. The van der Waals surface area contributed by atoms with E-state index in [1.165, 1.54) is 0 Å². The third-order valence-corrected chi connectivity index (χ3v) is 5.66. The van der Waals surface area contributed by atoms with Crippen molar-refractivity contribution in [3.8, 4) is 0 Å². The number of aromatic amines is 1. The van der Waals surface area contributed by atoms with E-state index in [2.05, 4.69) is 39.1 Å². The fourth-order valence-corrected chi connectivity index (χ4v) is 4.19. The summed E-state index contributed by atoms with van der Waals surface area (Å²) in [5.74, 6) is 0. The van der Waals surface area contributed by atoms with Gasteiger partial charge in [-0.3, -0.25) is 5.10 Å². The molecule has 1 aromatic rings. The van der Waals surface area contributed by atoms with Gasteiger partial charge in [0.15, 0.2) is 5.03 Å². The van der Waals surface area contributed by atoms with Gasteiger partial charge in [0, 0.05) is 29.9 Å². The van der Waals surface area contributed by atoms with E-state index in [9.17, 15) is 8.42 Å². The SMILES string of the molecule is CNCc1c(S(=O)(=O)NC2CCN(C)C(C)C2)n[nH]c1C. The van der Waals surface area contributed by atoms with Crippen molar-refractivity contribution in [1.82, 2.24) is 25.1 Å². The third kappa shape index (κ3) is 3.63. The zero-order chi connectivity index (χ0) is 15.6. The van der Waals surface area contributed by atoms with Crippen LogP contribution in [-0.4, -0.2) is 56.2 Å². The Morgan fingerprint density at radius 3 is 2.81 bits per heavy atom. The molecule has 0 spiro atoms. The molecule has 1 aromatic heterocycles. The Morgan fingerprint density at radius 2 is 2.19 bits per heavy atom. The summed E-state index contributed by atoms with van der Waals surface area (Å²) < 4.78 is 27.9. The summed E-state index contributed by atoms with van der Waals surface area (Å²) >= 11 is 0. The van der Waals surface area contributed by atoms with Gasteiger partial charge in [0.2, 0.25) is 0 Å². The first-order chi connectivity index (χ1) is 9.85. The highest BCUT2D eigenvalue weighted by molar-refractivity contribution is 7.89. The normalized spacial score (nSPS) is 24.4. The number of nitrogens with one attached hydrogen (secondary N) is 3. The lowest BCUT2D eigenvalue weighted by atomic mass is 10.0. The topological polar surface area (TPSA) is 90.1 Å². The fourth-order valence-electron chi connectivity index (χ4n) is 2.71. The first-order valence-electron chi connectivity index (χ1n) is 7.26. The summed E-state index contributed by atoms with van der Waals surface area (Å²) in [6.07, 6.45) is 1.64. The number of sulfonamides is 1. The zero-order valence-electron chi connectivity index (χ0n) is 13.1. The molecule has 0 radical (unpaired) electrons. The van der Waals surface area contributed by atoms with Crippen LogP contribution >= 0.6 is 0 Å². The van der Waals surface area contributed by atoms with Crippen molar-refractivity contribution in [3.63, 3.8) is 0 Å². The summed E-state index contributed by atoms with van der Waals surface area (Å²) in [4.78, 5) is 2.25. The molecule has 1 aliphatic rings. The Labute approximate surface area is 126 Å². The van der Waals surface area contributed by atoms with Crippen molar-refractivity contribution in [2.24, 2.45) is 0 Å². The molecular weight excluding hydrogens is 290 g/mol. The first-order valence-corrected chi connectivity index (χ1v) is 8.74. The maximum atomic E-state index is 12.6. The summed E-state index contributed by atoms with van der Waals surface area (Å²) in [6.45, 7) is 5.32. The largest absolute Gasteiger partial charge is 0.316 e. The van der Waals surface area contributed by atoms with Gasteiger partial charge < -0.3 is 10.2 Å². The van der Waals surface area contributed by atoms with Gasteiger partial charge in [-0.1, -0.05) is 0 Å². The van der Waals surface area contributed by atoms with Crippen LogP contribution in [0, 0.1) is 6.92 Å². The van der Waals surface area contributed by atoms with Crippen molar-refractivity contribution in [2.75, 3.05) is 20.6 Å². The van der Waals surface area contributed by atoms with Crippen LogP contribution < -0.4 is 10.0 Å². The molecule has 2 atom stereocenters. The molecule has 0 aromatic carbocycles. The lowest BCUT2D eigenvalue weighted by Gasteiger charge is -2.35. The second-order valence-electron chi connectivity index (χ2n) is 5.83. The van der Waals surface area contributed by atoms with E-state index in [0.717, 1.165) is 25.1 Å². The lowest BCUT2D eigenvalue weighted by molar-refractivity contribution is 0.178. The minimum atomic E-state index is -3.58. The van der Waals surface area contributed by atoms with Crippen LogP contribution in [0.4, 0.5) is 0 Å². The molecule has 2 heterocycles. The van der Waals surface area contributed by atoms with Gasteiger partial charge in [-0.2, -0.15) is 5.10 Å². The lowest BCUT2D eigenvalue weighted by Crippen LogP contribution is -2.47. The molecular formula is C13H25N5O2S. The fraction of sp³-hybridized carbons (Fsp3) is 0.769. The number of piperidine rings is 1. The molecule has 2 rings (SSSR count). The highest BCUT2D eigenvalue weighted by Crippen LogP contribution is 2.20. The number of H-pyrrole nitrogens is 1. The van der Waals surface area contributed by atoms with Crippen LogP contribution in [0.3, 0.4) is 0 Å². The molecule has 21 heavy (non-hydrogen) atoms. The van der Waals surface area contributed by atoms with Gasteiger partial charge in [0.25, 0.3) is 10.0 Å². The van der Waals surface area contributed by atoms with E-state index in [0.29, 0.717) is 18.2 Å². The minimum Gasteiger partial charge on any atom is -0.316 e. The van der Waals surface area contributed by atoms with Crippen molar-refractivity contribution < 1.29 is 8.42 Å². The molecule has 0 amide bonds. The van der Waals surface area contributed by atoms with Gasteiger partial charge in [0.05, 0.1) is 0 Å². The van der Waals surface area contributed by atoms with E-state index in [-0.39, 0.29) is 11.1 Å². The second-order valence-corrected chi connectivity index (χ2v) is 7.46. The van der Waals surface area contributed by atoms with Crippen molar-refractivity contribution >= 4 is 10.0 Å². The van der Waals surface area contributed by atoms with Crippen LogP contribution in [0.15, 0.2) is 5.03 Å². The molecule has 2 unspecified atom stereocenters. The van der Waals surface area contributed by atoms with Gasteiger partial charge in [-0.15, -0.1) is 0 Å². The maximum absolute atomic E-state index is 12.6. The van der Waals surface area contributed by atoms with Crippen molar-refractivity contribution in [1.29, 1.82) is 0 Å². The molecule has 3 N–H and O–H groups in total. The molecule has 0 bridgehead atoms. The van der Waals surface area contributed by atoms with Crippen molar-refractivity contribution in [3.05, 3.63) is 11.3 Å². The highest BCUT2D eigenvalue weighted by Gasteiger charge is 2.30. The van der Waals surface area contributed by atoms with Gasteiger partial charge >= 0.3 is 0 Å². The number of rotatable bonds is 5. The summed E-state index contributed by atoms with van der Waals surface area (Å²) in [6, 6.07) is 0.352. The van der Waals surface area contributed by atoms with Crippen molar-refractivity contribution in [2.45, 2.75) is 50.3 Å². The monoisotopic (exact) mass is 315 g/mol. The molecule has 7 nitrogen and oxygen atoms in total. The predicted octanol–water partition coefficient (Wildman–Crippen LogP) is 0.199. The molecule has 8 heteroatoms. The molecule has 120 valence electrons. The second kappa shape index (κ2) is 6.43. The average molecular weight is 315 g/mol. The van der Waals surface area contributed by atoms with Crippen LogP contribution in [-0.2, 0) is 16.6 Å². The zero-order valence-corrected chi connectivity index (χ0v) is 13.9. The predicted molar refractivity (Wildman–Crippen MR) is 81.5 cm³/mol. The average Bonchev–Trinajstić information content (AvgIpc) is 2.77. The van der Waals surface area contributed by atoms with Crippen LogP contribution in [0.25, 0.3) is 0 Å². The van der Waals surface area contributed by atoms with Crippen LogP contribution in [0.1, 0.15) is 31.0 Å². The number of hydrogen-bond acceptors (Lipinski definition) is 5. The molecule has 0 aliphatic carbocycles. The smallest absolute Gasteiger partial charge is 0.260 e. The summed E-state index contributed by atoms with van der Waals surface area (Å²) in [5.41, 5.74) is 1.48. The number of hydrogen-bond donors (Lipinski definition) is 3. The third-order valence-electron chi connectivity index (χ3n) is 4.17. The van der Waals surface area contributed by atoms with Crippen LogP contribution in [0.2, 0.25) is 0 Å².